The molecule has 1 aliphatic rings. The minimum absolute atomic E-state index is 0.0349. The number of ether oxygens (including phenoxy) is 1. The number of carbonyl (C=O) groups is 1. The Labute approximate surface area is 170 Å². The Morgan fingerprint density at radius 3 is 2.96 bits per heavy atom. The van der Waals surface area contributed by atoms with Gasteiger partial charge in [-0.15, -0.1) is 11.3 Å². The predicted octanol–water partition coefficient (Wildman–Crippen LogP) is 4.24. The summed E-state index contributed by atoms with van der Waals surface area (Å²) in [7, 11) is 0. The maximum Gasteiger partial charge on any atom is 0.264 e. The molecule has 0 aliphatic carbocycles. The van der Waals surface area contributed by atoms with Gasteiger partial charge >= 0.3 is 0 Å². The molecule has 1 N–H and O–H groups in total. The van der Waals surface area contributed by atoms with Crippen molar-refractivity contribution in [2.45, 2.75) is 26.5 Å². The number of fused-ring (bicyclic) bond motifs is 1. The smallest absolute Gasteiger partial charge is 0.264 e. The maximum absolute atomic E-state index is 12.3. The van der Waals surface area contributed by atoms with E-state index in [1.54, 1.807) is 29.7 Å². The van der Waals surface area contributed by atoms with Crippen LogP contribution in [-0.4, -0.2) is 27.1 Å². The molecule has 142 valence electrons. The van der Waals surface area contributed by atoms with Crippen LogP contribution in [0.5, 0.6) is 5.75 Å². The van der Waals surface area contributed by atoms with Crippen LogP contribution in [0.25, 0.3) is 17.1 Å². The summed E-state index contributed by atoms with van der Waals surface area (Å²) in [5.74, 6) is 0.517. The standard InChI is InChI=1S/C20H18N4O2S2/c1-12(2)26-16-7-8-21-15-6-5-13(23-18(15)16)10-17-19(25)24-20(28-17)22-11-14-4-3-9-27-14/h3-10,12H,11H2,1-2H3,(H,22,24,25)/b17-10+. The fraction of sp³-hybridized carbons (Fsp3) is 0.200. The van der Waals surface area contributed by atoms with Crippen molar-refractivity contribution >= 4 is 51.3 Å². The van der Waals surface area contributed by atoms with Gasteiger partial charge in [0.2, 0.25) is 0 Å². The highest BCUT2D eigenvalue weighted by molar-refractivity contribution is 8.18. The Morgan fingerprint density at radius 1 is 1.29 bits per heavy atom. The third-order valence-corrected chi connectivity index (χ3v) is 5.63. The van der Waals surface area contributed by atoms with Gasteiger partial charge in [0.1, 0.15) is 11.3 Å². The van der Waals surface area contributed by atoms with Gasteiger partial charge in [-0.05, 0) is 55.3 Å². The van der Waals surface area contributed by atoms with Crippen molar-refractivity contribution in [3.63, 3.8) is 0 Å². The Bertz CT molecular complexity index is 1080. The van der Waals surface area contributed by atoms with E-state index < -0.39 is 0 Å². The Kier molecular flexibility index (Phi) is 5.40. The number of pyridine rings is 2. The van der Waals surface area contributed by atoms with Gasteiger partial charge in [-0.25, -0.2) is 4.98 Å². The lowest BCUT2D eigenvalue weighted by Gasteiger charge is -2.11. The molecule has 0 aromatic carbocycles. The molecule has 3 aromatic rings. The molecule has 0 radical (unpaired) electrons. The highest BCUT2D eigenvalue weighted by Crippen LogP contribution is 2.28. The van der Waals surface area contributed by atoms with E-state index in [9.17, 15) is 4.79 Å². The lowest BCUT2D eigenvalue weighted by molar-refractivity contribution is -0.115. The first-order valence-electron chi connectivity index (χ1n) is 8.78. The molecule has 1 amide bonds. The zero-order valence-corrected chi connectivity index (χ0v) is 17.0. The van der Waals surface area contributed by atoms with E-state index in [2.05, 4.69) is 20.3 Å². The predicted molar refractivity (Wildman–Crippen MR) is 114 cm³/mol. The van der Waals surface area contributed by atoms with E-state index in [1.807, 2.05) is 43.5 Å². The molecule has 1 saturated heterocycles. The summed E-state index contributed by atoms with van der Waals surface area (Å²) in [6, 6.07) is 9.54. The van der Waals surface area contributed by atoms with E-state index in [4.69, 9.17) is 4.74 Å². The summed E-state index contributed by atoms with van der Waals surface area (Å²) >= 11 is 2.97. The Hall–Kier alpha value is -2.71. The Morgan fingerprint density at radius 2 is 2.18 bits per heavy atom. The van der Waals surface area contributed by atoms with Crippen molar-refractivity contribution in [2.24, 2.45) is 4.99 Å². The molecule has 0 atom stereocenters. The molecular formula is C20H18N4O2S2. The van der Waals surface area contributed by atoms with Crippen LogP contribution in [0.1, 0.15) is 24.4 Å². The second-order valence-electron chi connectivity index (χ2n) is 6.35. The minimum Gasteiger partial charge on any atom is -0.489 e. The van der Waals surface area contributed by atoms with Gasteiger partial charge in [-0.3, -0.25) is 14.8 Å². The van der Waals surface area contributed by atoms with E-state index >= 15 is 0 Å². The first-order chi connectivity index (χ1) is 13.6. The van der Waals surface area contributed by atoms with Gasteiger partial charge < -0.3 is 10.1 Å². The third kappa shape index (κ3) is 4.23. The molecule has 3 aromatic heterocycles. The van der Waals surface area contributed by atoms with Crippen LogP contribution in [0.15, 0.2) is 51.8 Å². The second kappa shape index (κ2) is 8.12. The zero-order valence-electron chi connectivity index (χ0n) is 15.4. The number of rotatable bonds is 5. The number of aromatic nitrogens is 2. The summed E-state index contributed by atoms with van der Waals surface area (Å²) in [6.45, 7) is 4.49. The summed E-state index contributed by atoms with van der Waals surface area (Å²) in [5, 5.41) is 5.43. The molecule has 1 fully saturated rings. The normalized spacial score (nSPS) is 17.0. The van der Waals surface area contributed by atoms with Crippen molar-refractivity contribution in [2.75, 3.05) is 0 Å². The van der Waals surface area contributed by atoms with E-state index in [0.29, 0.717) is 33.6 Å². The largest absolute Gasteiger partial charge is 0.489 e. The summed E-state index contributed by atoms with van der Waals surface area (Å²) in [6.07, 6.45) is 3.50. The van der Waals surface area contributed by atoms with Crippen LogP contribution >= 0.6 is 23.1 Å². The average Bonchev–Trinajstić information content (AvgIpc) is 3.30. The van der Waals surface area contributed by atoms with Gasteiger partial charge in [-0.2, -0.15) is 0 Å². The van der Waals surface area contributed by atoms with Gasteiger partial charge in [-0.1, -0.05) is 6.07 Å². The van der Waals surface area contributed by atoms with E-state index in [0.717, 1.165) is 10.4 Å². The fourth-order valence-electron chi connectivity index (χ4n) is 2.63. The molecule has 28 heavy (non-hydrogen) atoms. The van der Waals surface area contributed by atoms with Crippen LogP contribution in [0.4, 0.5) is 0 Å². The van der Waals surface area contributed by atoms with Crippen LogP contribution in [0.2, 0.25) is 0 Å². The molecule has 1 aliphatic heterocycles. The average molecular weight is 411 g/mol. The highest BCUT2D eigenvalue weighted by Gasteiger charge is 2.24. The molecule has 0 unspecified atom stereocenters. The van der Waals surface area contributed by atoms with Crippen LogP contribution in [0.3, 0.4) is 0 Å². The SMILES string of the molecule is CC(C)Oc1ccnc2ccc(/C=C3/SC(=NCc4cccs4)NC3=O)nc12. The number of hydrogen-bond acceptors (Lipinski definition) is 7. The lowest BCUT2D eigenvalue weighted by Crippen LogP contribution is -2.19. The number of carbonyl (C=O) groups excluding carboxylic acids is 1. The molecule has 4 heterocycles. The molecule has 4 rings (SSSR count). The number of amidine groups is 1. The van der Waals surface area contributed by atoms with Crippen molar-refractivity contribution in [1.29, 1.82) is 0 Å². The molecule has 6 nitrogen and oxygen atoms in total. The highest BCUT2D eigenvalue weighted by atomic mass is 32.2. The maximum atomic E-state index is 12.3. The lowest BCUT2D eigenvalue weighted by atomic mass is 10.2. The number of nitrogens with one attached hydrogen (secondary N) is 1. The van der Waals surface area contributed by atoms with Gasteiger partial charge in [0, 0.05) is 17.1 Å². The quantitative estimate of drug-likeness (QED) is 0.637. The van der Waals surface area contributed by atoms with E-state index in [1.165, 1.54) is 11.8 Å². The molecule has 8 heteroatoms. The Balaban J connectivity index is 1.58. The topological polar surface area (TPSA) is 76.5 Å². The van der Waals surface area contributed by atoms with Crippen molar-refractivity contribution in [3.8, 4) is 5.75 Å². The van der Waals surface area contributed by atoms with Crippen LogP contribution < -0.4 is 10.1 Å². The van der Waals surface area contributed by atoms with Crippen LogP contribution in [0, 0.1) is 0 Å². The summed E-state index contributed by atoms with van der Waals surface area (Å²) in [5.41, 5.74) is 2.11. The number of hydrogen-bond donors (Lipinski definition) is 1. The van der Waals surface area contributed by atoms with Crippen molar-refractivity contribution in [1.82, 2.24) is 15.3 Å². The number of nitrogens with zero attached hydrogens (tertiary/aromatic N) is 3. The van der Waals surface area contributed by atoms with Crippen molar-refractivity contribution < 1.29 is 9.53 Å². The number of aliphatic imine (C=N–C) groups is 1. The van der Waals surface area contributed by atoms with E-state index in [-0.39, 0.29) is 12.0 Å². The summed E-state index contributed by atoms with van der Waals surface area (Å²) in [4.78, 5) is 27.4. The number of amides is 1. The van der Waals surface area contributed by atoms with Crippen molar-refractivity contribution in [3.05, 3.63) is 57.4 Å². The number of thiophene rings is 1. The fourth-order valence-corrected chi connectivity index (χ4v) is 4.07. The molecule has 0 saturated carbocycles. The van der Waals surface area contributed by atoms with Gasteiger partial charge in [0.25, 0.3) is 5.91 Å². The molecule has 0 spiro atoms. The van der Waals surface area contributed by atoms with Crippen LogP contribution in [-0.2, 0) is 11.3 Å². The first-order valence-corrected chi connectivity index (χ1v) is 10.5. The first kappa shape index (κ1) is 18.6. The molecular weight excluding hydrogens is 392 g/mol. The monoisotopic (exact) mass is 410 g/mol. The zero-order chi connectivity index (χ0) is 19.5. The second-order valence-corrected chi connectivity index (χ2v) is 8.41. The van der Waals surface area contributed by atoms with Gasteiger partial charge in [0.05, 0.1) is 28.8 Å². The molecule has 0 bridgehead atoms. The van der Waals surface area contributed by atoms with Gasteiger partial charge in [0.15, 0.2) is 5.17 Å². The number of thioether (sulfide) groups is 1. The minimum atomic E-state index is -0.165. The third-order valence-electron chi connectivity index (χ3n) is 3.82. The summed E-state index contributed by atoms with van der Waals surface area (Å²) < 4.78 is 5.83.